The van der Waals surface area contributed by atoms with Gasteiger partial charge in [0.2, 0.25) is 0 Å². The fourth-order valence-electron chi connectivity index (χ4n) is 1.43. The predicted octanol–water partition coefficient (Wildman–Crippen LogP) is 1.51. The second-order valence-corrected chi connectivity index (χ2v) is 6.91. The molecule has 1 aromatic carbocycles. The zero-order chi connectivity index (χ0) is 13.8. The molecule has 5 nitrogen and oxygen atoms in total. The average molecular weight is 336 g/mol. The molecule has 7 heteroatoms. The Labute approximate surface area is 114 Å². The molecule has 0 bridgehead atoms. The van der Waals surface area contributed by atoms with E-state index in [1.165, 1.54) is 7.11 Å². The van der Waals surface area contributed by atoms with Gasteiger partial charge in [0.1, 0.15) is 0 Å². The third-order valence-corrected chi connectivity index (χ3v) is 4.27. The summed E-state index contributed by atoms with van der Waals surface area (Å²) in [6, 6.07) is 4.97. The summed E-state index contributed by atoms with van der Waals surface area (Å²) in [5, 5.41) is 0. The molecule has 0 aromatic heterocycles. The molecule has 0 unspecified atom stereocenters. The lowest BCUT2D eigenvalue weighted by atomic mass is 10.2. The number of rotatable bonds is 5. The molecule has 0 spiro atoms. The Morgan fingerprint density at radius 3 is 2.61 bits per heavy atom. The Morgan fingerprint density at radius 2 is 2.06 bits per heavy atom. The third-order valence-electron chi connectivity index (χ3n) is 2.21. The van der Waals surface area contributed by atoms with Crippen LogP contribution in [-0.2, 0) is 25.1 Å². The number of nitrogens with two attached hydrogens (primary N) is 1. The highest BCUT2D eigenvalue weighted by Crippen LogP contribution is 2.19. The van der Waals surface area contributed by atoms with Gasteiger partial charge in [-0.05, 0) is 23.8 Å². The van der Waals surface area contributed by atoms with Crippen LogP contribution in [0.3, 0.4) is 0 Å². The van der Waals surface area contributed by atoms with E-state index < -0.39 is 15.8 Å². The van der Waals surface area contributed by atoms with Crippen molar-refractivity contribution in [1.82, 2.24) is 0 Å². The summed E-state index contributed by atoms with van der Waals surface area (Å²) in [7, 11) is -2.12. The lowest BCUT2D eigenvalue weighted by Gasteiger charge is -2.05. The Morgan fingerprint density at radius 1 is 1.39 bits per heavy atom. The smallest absolute Gasteiger partial charge is 0.306 e. The lowest BCUT2D eigenvalue weighted by molar-refractivity contribution is -0.140. The second kappa shape index (κ2) is 6.19. The minimum atomic E-state index is -3.35. The van der Waals surface area contributed by atoms with E-state index in [4.69, 9.17) is 5.73 Å². The van der Waals surface area contributed by atoms with Gasteiger partial charge in [-0.1, -0.05) is 15.9 Å². The number of anilines is 1. The fraction of sp³-hybridized carbons (Fsp3) is 0.364. The fourth-order valence-corrected chi connectivity index (χ4v) is 3.28. The predicted molar refractivity (Wildman–Crippen MR) is 72.7 cm³/mol. The number of methoxy groups -OCH3 is 1. The average Bonchev–Trinajstić information content (AvgIpc) is 2.23. The molecule has 1 rings (SSSR count). The van der Waals surface area contributed by atoms with Crippen molar-refractivity contribution in [3.63, 3.8) is 0 Å². The van der Waals surface area contributed by atoms with Gasteiger partial charge in [-0.15, -0.1) is 0 Å². The van der Waals surface area contributed by atoms with Crippen molar-refractivity contribution in [2.45, 2.75) is 12.2 Å². The van der Waals surface area contributed by atoms with Crippen molar-refractivity contribution in [3.05, 3.63) is 28.2 Å². The number of hydrogen-bond donors (Lipinski definition) is 1. The number of carbonyl (C=O) groups is 1. The van der Waals surface area contributed by atoms with Crippen molar-refractivity contribution >= 4 is 37.4 Å². The summed E-state index contributed by atoms with van der Waals surface area (Å²) in [5.41, 5.74) is 6.70. The van der Waals surface area contributed by atoms with Crippen LogP contribution in [0, 0.1) is 0 Å². The highest BCUT2D eigenvalue weighted by Gasteiger charge is 2.15. The van der Waals surface area contributed by atoms with E-state index in [1.54, 1.807) is 18.2 Å². The summed E-state index contributed by atoms with van der Waals surface area (Å²) in [6.07, 6.45) is -0.137. The van der Waals surface area contributed by atoms with Gasteiger partial charge in [0.05, 0.1) is 25.0 Å². The number of benzene rings is 1. The summed E-state index contributed by atoms with van der Waals surface area (Å²) in [4.78, 5) is 10.9. The van der Waals surface area contributed by atoms with E-state index in [2.05, 4.69) is 20.7 Å². The molecule has 18 heavy (non-hydrogen) atoms. The van der Waals surface area contributed by atoms with E-state index >= 15 is 0 Å². The van der Waals surface area contributed by atoms with Crippen LogP contribution in [0.2, 0.25) is 0 Å². The molecule has 0 radical (unpaired) electrons. The molecule has 0 amide bonds. The molecule has 0 saturated heterocycles. The standard InChI is InChI=1S/C11H14BrNO4S/c1-17-11(14)2-3-18(15,16)7-8-4-9(12)6-10(13)5-8/h4-6H,2-3,7,13H2,1H3. The van der Waals surface area contributed by atoms with Crippen molar-refractivity contribution < 1.29 is 17.9 Å². The molecule has 0 fully saturated rings. The summed E-state index contributed by atoms with van der Waals surface area (Å²) in [6.45, 7) is 0. The lowest BCUT2D eigenvalue weighted by Crippen LogP contribution is -2.14. The number of nitrogen functional groups attached to an aromatic ring is 1. The topological polar surface area (TPSA) is 86.5 Å². The van der Waals surface area contributed by atoms with Gasteiger partial charge in [-0.2, -0.15) is 0 Å². The molecule has 0 aliphatic carbocycles. The maximum absolute atomic E-state index is 11.8. The minimum Gasteiger partial charge on any atom is -0.469 e. The van der Waals surface area contributed by atoms with Gasteiger partial charge in [0.15, 0.2) is 9.84 Å². The van der Waals surface area contributed by atoms with Gasteiger partial charge >= 0.3 is 5.97 Å². The van der Waals surface area contributed by atoms with Crippen LogP contribution < -0.4 is 5.73 Å². The van der Waals surface area contributed by atoms with E-state index in [9.17, 15) is 13.2 Å². The van der Waals surface area contributed by atoms with Crippen LogP contribution in [-0.4, -0.2) is 27.2 Å². The highest BCUT2D eigenvalue weighted by atomic mass is 79.9. The SMILES string of the molecule is COC(=O)CCS(=O)(=O)Cc1cc(N)cc(Br)c1. The molecule has 0 heterocycles. The molecule has 100 valence electrons. The van der Waals surface area contributed by atoms with Crippen molar-refractivity contribution in [2.75, 3.05) is 18.6 Å². The van der Waals surface area contributed by atoms with E-state index in [0.29, 0.717) is 11.3 Å². The molecule has 0 saturated carbocycles. The van der Waals surface area contributed by atoms with E-state index in [-0.39, 0.29) is 17.9 Å². The van der Waals surface area contributed by atoms with E-state index in [1.807, 2.05) is 0 Å². The van der Waals surface area contributed by atoms with Crippen LogP contribution in [0.15, 0.2) is 22.7 Å². The summed E-state index contributed by atoms with van der Waals surface area (Å²) in [5.74, 6) is -0.910. The van der Waals surface area contributed by atoms with Crippen LogP contribution in [0.25, 0.3) is 0 Å². The van der Waals surface area contributed by atoms with Crippen LogP contribution in [0.1, 0.15) is 12.0 Å². The highest BCUT2D eigenvalue weighted by molar-refractivity contribution is 9.10. The molecule has 1 aromatic rings. The molecule has 0 aliphatic rings. The maximum Gasteiger partial charge on any atom is 0.306 e. The first-order chi connectivity index (χ1) is 8.32. The monoisotopic (exact) mass is 335 g/mol. The molecule has 0 aliphatic heterocycles. The Balaban J connectivity index is 2.73. The number of halogens is 1. The quantitative estimate of drug-likeness (QED) is 0.651. The first-order valence-corrected chi connectivity index (χ1v) is 7.76. The largest absolute Gasteiger partial charge is 0.469 e. The van der Waals surface area contributed by atoms with Crippen molar-refractivity contribution in [2.24, 2.45) is 0 Å². The second-order valence-electron chi connectivity index (χ2n) is 3.81. The zero-order valence-corrected chi connectivity index (χ0v) is 12.3. The van der Waals surface area contributed by atoms with Gasteiger partial charge in [-0.25, -0.2) is 8.42 Å². The Bertz CT molecular complexity index is 522. The van der Waals surface area contributed by atoms with Crippen LogP contribution in [0.5, 0.6) is 0 Å². The third kappa shape index (κ3) is 5.05. The molecule has 2 N–H and O–H groups in total. The zero-order valence-electron chi connectivity index (χ0n) is 9.85. The molecular weight excluding hydrogens is 322 g/mol. The van der Waals surface area contributed by atoms with Crippen molar-refractivity contribution in [3.8, 4) is 0 Å². The first kappa shape index (κ1) is 15.0. The van der Waals surface area contributed by atoms with Gasteiger partial charge in [0, 0.05) is 10.2 Å². The number of esters is 1. The van der Waals surface area contributed by atoms with Crippen molar-refractivity contribution in [1.29, 1.82) is 0 Å². The van der Waals surface area contributed by atoms with Gasteiger partial charge in [0.25, 0.3) is 0 Å². The first-order valence-electron chi connectivity index (χ1n) is 5.14. The Hall–Kier alpha value is -1.08. The summed E-state index contributed by atoms with van der Waals surface area (Å²) < 4.78 is 28.7. The number of sulfone groups is 1. The normalized spacial score (nSPS) is 11.2. The van der Waals surface area contributed by atoms with Crippen LogP contribution in [0.4, 0.5) is 5.69 Å². The van der Waals surface area contributed by atoms with Gasteiger partial charge in [-0.3, -0.25) is 4.79 Å². The minimum absolute atomic E-state index is 0.137. The number of hydrogen-bond acceptors (Lipinski definition) is 5. The number of ether oxygens (including phenoxy) is 1. The summed E-state index contributed by atoms with van der Waals surface area (Å²) >= 11 is 3.24. The molecule has 0 atom stereocenters. The molecular formula is C11H14BrNO4S. The number of carbonyl (C=O) groups excluding carboxylic acids is 1. The maximum atomic E-state index is 11.8. The van der Waals surface area contributed by atoms with Gasteiger partial charge < -0.3 is 10.5 Å². The van der Waals surface area contributed by atoms with E-state index in [0.717, 1.165) is 4.47 Å². The Kier molecular flexibility index (Phi) is 5.15. The van der Waals surface area contributed by atoms with Crippen LogP contribution >= 0.6 is 15.9 Å².